The van der Waals surface area contributed by atoms with E-state index in [-0.39, 0.29) is 5.56 Å². The number of aliphatic hydroxyl groups excluding tert-OH is 1. The van der Waals surface area contributed by atoms with E-state index in [2.05, 4.69) is 0 Å². The van der Waals surface area contributed by atoms with Crippen LogP contribution < -0.4 is 4.74 Å². The van der Waals surface area contributed by atoms with Gasteiger partial charge in [-0.05, 0) is 6.07 Å². The number of aliphatic carboxylic acids is 1. The second-order valence-corrected chi connectivity index (χ2v) is 3.19. The fraction of sp³-hybridized carbons (Fsp3) is 0.200. The molecule has 2 N–H and O–H groups in total. The highest BCUT2D eigenvalue weighted by Crippen LogP contribution is 2.37. The van der Waals surface area contributed by atoms with Crippen LogP contribution in [0.25, 0.3) is 0 Å². The fourth-order valence-corrected chi connectivity index (χ4v) is 1.44. The number of carbonyl (C=O) groups is 1. The average Bonchev–Trinajstić information content (AvgIpc) is 2.35. The quantitative estimate of drug-likeness (QED) is 0.591. The maximum Gasteiger partial charge on any atom is 0.337 e. The van der Waals surface area contributed by atoms with Gasteiger partial charge in [0.1, 0.15) is 0 Å². The summed E-state index contributed by atoms with van der Waals surface area (Å²) >= 11 is 0. The zero-order chi connectivity index (χ0) is 13.9. The Kier molecular flexibility index (Phi) is 3.81. The number of carboxylic acids is 1. The Morgan fingerprint density at radius 2 is 2.22 bits per heavy atom. The van der Waals surface area contributed by atoms with Crippen LogP contribution in [0, 0.1) is 21.4 Å². The molecular weight excluding hydrogens is 244 g/mol. The molecule has 0 aromatic heterocycles. The number of rotatable bonds is 4. The number of nitro groups is 1. The number of hydrogen-bond acceptors (Lipinski definition) is 6. The minimum atomic E-state index is -2.07. The Labute approximate surface area is 101 Å². The lowest BCUT2D eigenvalue weighted by Crippen LogP contribution is -2.14. The number of aliphatic hydroxyl groups is 1. The summed E-state index contributed by atoms with van der Waals surface area (Å²) in [5.41, 5.74) is -1.15. The van der Waals surface area contributed by atoms with Gasteiger partial charge in [0.05, 0.1) is 29.2 Å². The number of carboxylic acid groups (broad SMARTS) is 1. The maximum atomic E-state index is 10.7. The van der Waals surface area contributed by atoms with Gasteiger partial charge in [0.25, 0.3) is 0 Å². The van der Waals surface area contributed by atoms with Crippen molar-refractivity contribution in [2.45, 2.75) is 6.10 Å². The highest BCUT2D eigenvalue weighted by atomic mass is 16.6. The van der Waals surface area contributed by atoms with Crippen molar-refractivity contribution in [3.63, 3.8) is 0 Å². The molecule has 8 heteroatoms. The first kappa shape index (κ1) is 13.4. The van der Waals surface area contributed by atoms with Crippen LogP contribution >= 0.6 is 0 Å². The molecule has 0 bridgehead atoms. The first-order chi connectivity index (χ1) is 8.43. The van der Waals surface area contributed by atoms with Crippen LogP contribution in [0.2, 0.25) is 0 Å². The molecule has 8 nitrogen and oxygen atoms in total. The highest BCUT2D eigenvalue weighted by molar-refractivity contribution is 5.78. The molecule has 18 heavy (non-hydrogen) atoms. The number of methoxy groups -OCH3 is 1. The molecule has 0 amide bonds. The standard InChI is InChI=1S/C10H8N2O6/c1-18-9-6(12(16)17)3-2-5(4-11)7(9)8(13)10(14)15/h2-3,8,13H,1H3,(H,14,15). The van der Waals surface area contributed by atoms with E-state index in [9.17, 15) is 20.0 Å². The predicted octanol–water partition coefficient (Wildman–Crippen LogP) is 0.593. The van der Waals surface area contributed by atoms with Crippen molar-refractivity contribution in [1.29, 1.82) is 5.26 Å². The predicted molar refractivity (Wildman–Crippen MR) is 57.0 cm³/mol. The Bertz CT molecular complexity index is 548. The summed E-state index contributed by atoms with van der Waals surface area (Å²) in [6.07, 6.45) is -2.07. The number of hydrogen-bond donors (Lipinski definition) is 2. The summed E-state index contributed by atoms with van der Waals surface area (Å²) in [6, 6.07) is 3.71. The van der Waals surface area contributed by atoms with Gasteiger partial charge in [-0.3, -0.25) is 10.1 Å². The molecule has 0 fully saturated rings. The van der Waals surface area contributed by atoms with Crippen molar-refractivity contribution in [3.05, 3.63) is 33.4 Å². The number of benzene rings is 1. The van der Waals surface area contributed by atoms with Gasteiger partial charge in [-0.15, -0.1) is 0 Å². The van der Waals surface area contributed by atoms with Gasteiger partial charge in [0, 0.05) is 6.07 Å². The van der Waals surface area contributed by atoms with E-state index in [1.165, 1.54) is 0 Å². The van der Waals surface area contributed by atoms with Crippen LogP contribution in [-0.2, 0) is 4.79 Å². The second kappa shape index (κ2) is 5.11. The lowest BCUT2D eigenvalue weighted by atomic mass is 10.0. The minimum absolute atomic E-state index is 0.202. The molecule has 1 atom stereocenters. The third-order valence-corrected chi connectivity index (χ3v) is 2.20. The highest BCUT2D eigenvalue weighted by Gasteiger charge is 2.30. The molecule has 0 saturated heterocycles. The van der Waals surface area contributed by atoms with Crippen molar-refractivity contribution >= 4 is 11.7 Å². The van der Waals surface area contributed by atoms with Gasteiger partial charge in [-0.1, -0.05) is 0 Å². The van der Waals surface area contributed by atoms with Crippen molar-refractivity contribution in [3.8, 4) is 11.8 Å². The molecular formula is C10H8N2O6. The van der Waals surface area contributed by atoms with Crippen LogP contribution in [0.15, 0.2) is 12.1 Å². The van der Waals surface area contributed by atoms with E-state index >= 15 is 0 Å². The Morgan fingerprint density at radius 3 is 2.61 bits per heavy atom. The number of nitriles is 1. The Hall–Kier alpha value is -2.66. The van der Waals surface area contributed by atoms with Crippen molar-refractivity contribution in [1.82, 2.24) is 0 Å². The van der Waals surface area contributed by atoms with Crippen LogP contribution in [0.3, 0.4) is 0 Å². The molecule has 0 heterocycles. The molecule has 0 aliphatic carbocycles. The third kappa shape index (κ3) is 2.21. The lowest BCUT2D eigenvalue weighted by Gasteiger charge is -2.12. The van der Waals surface area contributed by atoms with E-state index in [4.69, 9.17) is 15.1 Å². The Morgan fingerprint density at radius 1 is 1.61 bits per heavy atom. The van der Waals surface area contributed by atoms with Crippen LogP contribution in [0.4, 0.5) is 5.69 Å². The van der Waals surface area contributed by atoms with Gasteiger partial charge >= 0.3 is 11.7 Å². The summed E-state index contributed by atoms with van der Waals surface area (Å²) in [6.45, 7) is 0. The smallest absolute Gasteiger partial charge is 0.337 e. The summed E-state index contributed by atoms with van der Waals surface area (Å²) in [5.74, 6) is -2.07. The maximum absolute atomic E-state index is 10.7. The monoisotopic (exact) mass is 252 g/mol. The summed E-state index contributed by atoms with van der Waals surface area (Å²) < 4.78 is 4.74. The van der Waals surface area contributed by atoms with E-state index in [1.807, 2.05) is 0 Å². The van der Waals surface area contributed by atoms with Gasteiger partial charge in [-0.25, -0.2) is 4.79 Å². The second-order valence-electron chi connectivity index (χ2n) is 3.19. The van der Waals surface area contributed by atoms with Crippen molar-refractivity contribution in [2.75, 3.05) is 7.11 Å². The first-order valence-corrected chi connectivity index (χ1v) is 4.60. The largest absolute Gasteiger partial charge is 0.490 e. The number of nitrogens with zero attached hydrogens (tertiary/aromatic N) is 2. The van der Waals surface area contributed by atoms with Crippen LogP contribution in [0.1, 0.15) is 17.2 Å². The molecule has 0 saturated carbocycles. The Balaban J connectivity index is 3.63. The lowest BCUT2D eigenvalue weighted by molar-refractivity contribution is -0.385. The molecule has 1 aromatic carbocycles. The topological polar surface area (TPSA) is 134 Å². The number of ether oxygens (including phenoxy) is 1. The van der Waals surface area contributed by atoms with Crippen molar-refractivity contribution < 1.29 is 24.7 Å². The fourth-order valence-electron chi connectivity index (χ4n) is 1.44. The summed E-state index contributed by atoms with van der Waals surface area (Å²) in [5, 5.41) is 37.8. The molecule has 0 spiro atoms. The molecule has 0 aliphatic heterocycles. The first-order valence-electron chi connectivity index (χ1n) is 4.60. The van der Waals surface area contributed by atoms with Crippen molar-refractivity contribution in [2.24, 2.45) is 0 Å². The van der Waals surface area contributed by atoms with Gasteiger partial charge < -0.3 is 14.9 Å². The van der Waals surface area contributed by atoms with E-state index in [0.29, 0.717) is 0 Å². The van der Waals surface area contributed by atoms with Gasteiger partial charge in [0.15, 0.2) is 6.10 Å². The molecule has 1 aromatic rings. The van der Waals surface area contributed by atoms with E-state index in [1.54, 1.807) is 6.07 Å². The van der Waals surface area contributed by atoms with Gasteiger partial charge in [-0.2, -0.15) is 5.26 Å². The SMILES string of the molecule is COc1c([N+](=O)[O-])ccc(C#N)c1C(O)C(=O)O. The summed E-state index contributed by atoms with van der Waals surface area (Å²) in [7, 11) is 1.08. The average molecular weight is 252 g/mol. The van der Waals surface area contributed by atoms with Crippen LogP contribution in [-0.4, -0.2) is 28.2 Å². The normalized spacial score (nSPS) is 11.4. The third-order valence-electron chi connectivity index (χ3n) is 2.20. The zero-order valence-corrected chi connectivity index (χ0v) is 9.15. The van der Waals surface area contributed by atoms with Gasteiger partial charge in [0.2, 0.25) is 5.75 Å². The molecule has 0 aliphatic rings. The van der Waals surface area contributed by atoms with Crippen LogP contribution in [0.5, 0.6) is 5.75 Å². The molecule has 1 unspecified atom stereocenters. The molecule has 94 valence electrons. The summed E-state index contributed by atoms with van der Waals surface area (Å²) in [4.78, 5) is 20.7. The minimum Gasteiger partial charge on any atom is -0.490 e. The molecule has 1 rings (SSSR count). The van der Waals surface area contributed by atoms with E-state index in [0.717, 1.165) is 19.2 Å². The number of nitro benzene ring substituents is 1. The molecule has 0 radical (unpaired) electrons. The zero-order valence-electron chi connectivity index (χ0n) is 9.15. The van der Waals surface area contributed by atoms with E-state index < -0.39 is 34.0 Å².